The van der Waals surface area contributed by atoms with E-state index in [2.05, 4.69) is 13.8 Å². The van der Waals surface area contributed by atoms with Crippen LogP contribution in [0.4, 0.5) is 4.79 Å². The molecule has 17 heavy (non-hydrogen) atoms. The maximum atomic E-state index is 11.1. The monoisotopic (exact) mass is 242 g/mol. The van der Waals surface area contributed by atoms with Gasteiger partial charge >= 0.3 is 6.09 Å². The summed E-state index contributed by atoms with van der Waals surface area (Å²) in [5.41, 5.74) is 5.80. The highest BCUT2D eigenvalue weighted by Crippen LogP contribution is 2.35. The topological polar surface area (TPSA) is 66.6 Å². The van der Waals surface area contributed by atoms with Gasteiger partial charge in [-0.3, -0.25) is 0 Å². The van der Waals surface area contributed by atoms with Gasteiger partial charge in [0.15, 0.2) is 0 Å². The Morgan fingerprint density at radius 2 is 2.12 bits per heavy atom. The summed E-state index contributed by atoms with van der Waals surface area (Å²) < 4.78 is 0. The van der Waals surface area contributed by atoms with Crippen LogP contribution in [0.2, 0.25) is 0 Å². The number of nitrogens with zero attached hydrogens (tertiary/aromatic N) is 1. The lowest BCUT2D eigenvalue weighted by molar-refractivity contribution is 0.117. The molecule has 1 rings (SSSR count). The maximum absolute atomic E-state index is 11.1. The third-order valence-electron chi connectivity index (χ3n) is 3.96. The van der Waals surface area contributed by atoms with Crippen molar-refractivity contribution in [2.75, 3.05) is 6.54 Å². The predicted molar refractivity (Wildman–Crippen MR) is 69.0 cm³/mol. The number of likely N-dealkylation sites (tertiary alicyclic amines) is 1. The maximum Gasteiger partial charge on any atom is 0.407 e. The molecule has 100 valence electrons. The Kier molecular flexibility index (Phi) is 4.42. The summed E-state index contributed by atoms with van der Waals surface area (Å²) in [4.78, 5) is 12.7. The van der Waals surface area contributed by atoms with Crippen LogP contribution in [0.15, 0.2) is 0 Å². The van der Waals surface area contributed by atoms with Gasteiger partial charge in [-0.15, -0.1) is 0 Å². The Hall–Kier alpha value is -0.770. The fourth-order valence-electron chi connectivity index (χ4n) is 2.68. The van der Waals surface area contributed by atoms with E-state index < -0.39 is 6.09 Å². The number of amides is 1. The fourth-order valence-corrected chi connectivity index (χ4v) is 2.68. The Morgan fingerprint density at radius 1 is 1.53 bits per heavy atom. The van der Waals surface area contributed by atoms with Gasteiger partial charge in [0.25, 0.3) is 0 Å². The van der Waals surface area contributed by atoms with E-state index in [-0.39, 0.29) is 11.6 Å². The number of hydrogen-bond acceptors (Lipinski definition) is 2. The molecule has 4 nitrogen and oxygen atoms in total. The lowest BCUT2D eigenvalue weighted by Gasteiger charge is -2.28. The van der Waals surface area contributed by atoms with Crippen molar-refractivity contribution in [3.05, 3.63) is 0 Å². The zero-order chi connectivity index (χ0) is 13.2. The summed E-state index contributed by atoms with van der Waals surface area (Å²) in [6.45, 7) is 8.93. The zero-order valence-electron chi connectivity index (χ0n) is 11.4. The Balaban J connectivity index is 2.46. The van der Waals surface area contributed by atoms with Crippen molar-refractivity contribution in [2.45, 2.75) is 58.5 Å². The molecule has 2 atom stereocenters. The van der Waals surface area contributed by atoms with Crippen molar-refractivity contribution in [3.8, 4) is 0 Å². The molecule has 0 spiro atoms. The van der Waals surface area contributed by atoms with Crippen LogP contribution in [0.25, 0.3) is 0 Å². The molecular formula is C13H26N2O2. The van der Waals surface area contributed by atoms with Crippen LogP contribution in [-0.4, -0.2) is 34.2 Å². The van der Waals surface area contributed by atoms with E-state index in [1.807, 2.05) is 13.8 Å². The van der Waals surface area contributed by atoms with Gasteiger partial charge in [-0.25, -0.2) is 4.79 Å². The average molecular weight is 242 g/mol. The van der Waals surface area contributed by atoms with E-state index in [0.717, 1.165) is 19.3 Å². The minimum atomic E-state index is -0.800. The van der Waals surface area contributed by atoms with Crippen LogP contribution in [0.5, 0.6) is 0 Å². The van der Waals surface area contributed by atoms with E-state index in [0.29, 0.717) is 18.4 Å². The lowest BCUT2D eigenvalue weighted by Crippen LogP contribution is -2.41. The second-order valence-corrected chi connectivity index (χ2v) is 6.26. The van der Waals surface area contributed by atoms with Crippen LogP contribution in [-0.2, 0) is 0 Å². The molecule has 0 aromatic carbocycles. The molecule has 4 heteroatoms. The molecule has 1 fully saturated rings. The summed E-state index contributed by atoms with van der Waals surface area (Å²) >= 11 is 0. The van der Waals surface area contributed by atoms with Gasteiger partial charge in [0.2, 0.25) is 0 Å². The van der Waals surface area contributed by atoms with E-state index in [1.165, 1.54) is 0 Å². The molecule has 3 N–H and O–H groups in total. The van der Waals surface area contributed by atoms with E-state index in [9.17, 15) is 4.79 Å². The molecule has 1 aliphatic heterocycles. The summed E-state index contributed by atoms with van der Waals surface area (Å²) in [5.74, 6) is 0.964. The minimum Gasteiger partial charge on any atom is -0.465 e. The standard InChI is InChI=1S/C13H26N2O2/c1-9(2)11(14)6-5-10-7-13(3,4)15(8-10)12(16)17/h9-11H,5-8,14H2,1-4H3,(H,16,17)/t10-,11?/m0/s1. The number of carboxylic acid groups (broad SMARTS) is 1. The lowest BCUT2D eigenvalue weighted by atomic mass is 9.90. The average Bonchev–Trinajstić information content (AvgIpc) is 2.49. The molecule has 0 bridgehead atoms. The quantitative estimate of drug-likeness (QED) is 0.796. The minimum absolute atomic E-state index is 0.224. The Labute approximate surface area is 104 Å². The Bertz CT molecular complexity index is 277. The van der Waals surface area contributed by atoms with Crippen molar-refractivity contribution in [3.63, 3.8) is 0 Å². The number of carbonyl (C=O) groups is 1. The molecule has 0 aromatic heterocycles. The van der Waals surface area contributed by atoms with Gasteiger partial charge in [-0.05, 0) is 44.9 Å². The molecule has 0 aliphatic carbocycles. The SMILES string of the molecule is CC(C)C(N)CC[C@@H]1CN(C(=O)O)C(C)(C)C1. The molecule has 0 aromatic rings. The highest BCUT2D eigenvalue weighted by molar-refractivity contribution is 5.66. The molecular weight excluding hydrogens is 216 g/mol. The molecule has 1 saturated heterocycles. The first-order chi connectivity index (χ1) is 7.74. The molecule has 1 unspecified atom stereocenters. The van der Waals surface area contributed by atoms with Crippen LogP contribution >= 0.6 is 0 Å². The largest absolute Gasteiger partial charge is 0.465 e. The van der Waals surface area contributed by atoms with E-state index in [1.54, 1.807) is 4.90 Å². The highest BCUT2D eigenvalue weighted by Gasteiger charge is 2.40. The van der Waals surface area contributed by atoms with Gasteiger partial charge in [0.1, 0.15) is 0 Å². The van der Waals surface area contributed by atoms with Crippen molar-refractivity contribution < 1.29 is 9.90 Å². The van der Waals surface area contributed by atoms with Crippen molar-refractivity contribution >= 4 is 6.09 Å². The summed E-state index contributed by atoms with van der Waals surface area (Å²) in [6, 6.07) is 0.233. The number of nitrogens with two attached hydrogens (primary N) is 1. The molecule has 1 aliphatic rings. The van der Waals surface area contributed by atoms with Gasteiger partial charge in [0, 0.05) is 18.1 Å². The fraction of sp³-hybridized carbons (Fsp3) is 0.923. The molecule has 1 heterocycles. The number of rotatable bonds is 4. The first kappa shape index (κ1) is 14.3. The second-order valence-electron chi connectivity index (χ2n) is 6.26. The van der Waals surface area contributed by atoms with Gasteiger partial charge in [-0.2, -0.15) is 0 Å². The van der Waals surface area contributed by atoms with Crippen molar-refractivity contribution in [1.29, 1.82) is 0 Å². The van der Waals surface area contributed by atoms with Crippen molar-refractivity contribution in [2.24, 2.45) is 17.6 Å². The molecule has 0 saturated carbocycles. The number of hydrogen-bond donors (Lipinski definition) is 2. The normalized spacial score (nSPS) is 25.3. The third kappa shape index (κ3) is 3.60. The van der Waals surface area contributed by atoms with Gasteiger partial charge in [0.05, 0.1) is 0 Å². The summed E-state index contributed by atoms with van der Waals surface area (Å²) in [6.07, 6.45) is 2.17. The smallest absolute Gasteiger partial charge is 0.407 e. The molecule has 1 amide bonds. The van der Waals surface area contributed by atoms with Crippen LogP contribution in [0.1, 0.15) is 47.0 Å². The van der Waals surface area contributed by atoms with Crippen LogP contribution in [0.3, 0.4) is 0 Å². The van der Waals surface area contributed by atoms with Crippen molar-refractivity contribution in [1.82, 2.24) is 4.90 Å². The predicted octanol–water partition coefficient (Wildman–Crippen LogP) is 2.53. The van der Waals surface area contributed by atoms with E-state index >= 15 is 0 Å². The first-order valence-corrected chi connectivity index (χ1v) is 6.50. The van der Waals surface area contributed by atoms with Gasteiger partial charge < -0.3 is 15.7 Å². The van der Waals surface area contributed by atoms with Crippen LogP contribution < -0.4 is 5.73 Å². The first-order valence-electron chi connectivity index (χ1n) is 6.50. The molecule has 0 radical (unpaired) electrons. The van der Waals surface area contributed by atoms with E-state index in [4.69, 9.17) is 10.8 Å². The third-order valence-corrected chi connectivity index (χ3v) is 3.96. The Morgan fingerprint density at radius 3 is 2.53 bits per heavy atom. The summed E-state index contributed by atoms with van der Waals surface area (Å²) in [7, 11) is 0. The van der Waals surface area contributed by atoms with Gasteiger partial charge in [-0.1, -0.05) is 13.8 Å². The highest BCUT2D eigenvalue weighted by atomic mass is 16.4. The summed E-state index contributed by atoms with van der Waals surface area (Å²) in [5, 5.41) is 9.13. The van der Waals surface area contributed by atoms with Crippen LogP contribution in [0, 0.1) is 11.8 Å². The zero-order valence-corrected chi connectivity index (χ0v) is 11.4. The second kappa shape index (κ2) is 5.25.